The molecule has 0 radical (unpaired) electrons. The number of benzene rings is 2. The molecule has 0 saturated heterocycles. The summed E-state index contributed by atoms with van der Waals surface area (Å²) in [5, 5.41) is 1.02. The zero-order chi connectivity index (χ0) is 16.0. The number of methoxy groups -OCH3 is 1. The van der Waals surface area contributed by atoms with E-state index < -0.39 is 0 Å². The smallest absolute Gasteiger partial charge is 0.271 e. The summed E-state index contributed by atoms with van der Waals surface area (Å²) >= 11 is 0. The van der Waals surface area contributed by atoms with E-state index in [0.29, 0.717) is 18.8 Å². The maximum atomic E-state index is 12.9. The average Bonchev–Trinajstić information content (AvgIpc) is 3.15. The van der Waals surface area contributed by atoms with Crippen LogP contribution >= 0.6 is 0 Å². The molecule has 2 aromatic carbocycles. The van der Waals surface area contributed by atoms with Crippen molar-refractivity contribution >= 4 is 16.8 Å². The average molecular weight is 306 g/mol. The van der Waals surface area contributed by atoms with Gasteiger partial charge in [-0.3, -0.25) is 4.79 Å². The van der Waals surface area contributed by atoms with Crippen molar-refractivity contribution in [3.63, 3.8) is 0 Å². The van der Waals surface area contributed by atoms with Gasteiger partial charge in [0, 0.05) is 31.0 Å². The molecule has 4 rings (SSSR count). The number of amides is 1. The van der Waals surface area contributed by atoms with Crippen LogP contribution in [0.25, 0.3) is 10.9 Å². The van der Waals surface area contributed by atoms with Gasteiger partial charge in [0.2, 0.25) is 0 Å². The van der Waals surface area contributed by atoms with Crippen molar-refractivity contribution in [1.29, 1.82) is 0 Å². The minimum atomic E-state index is 0.0684. The molecule has 0 saturated carbocycles. The van der Waals surface area contributed by atoms with E-state index in [1.165, 1.54) is 11.1 Å². The van der Waals surface area contributed by atoms with Gasteiger partial charge in [0.15, 0.2) is 0 Å². The molecule has 0 fully saturated rings. The Morgan fingerprint density at radius 3 is 2.39 bits per heavy atom. The Balaban J connectivity index is 1.69. The van der Waals surface area contributed by atoms with Crippen LogP contribution in [0.15, 0.2) is 48.5 Å². The standard InChI is InChI=1S/C19H18N2O2/c1-20-17-8-7-16(23-2)9-15(17)10-18(20)19(22)21-11-13-5-3-4-6-14(13)12-21/h3-10H,11-12H2,1-2H3. The van der Waals surface area contributed by atoms with Gasteiger partial charge < -0.3 is 14.2 Å². The van der Waals surface area contributed by atoms with E-state index in [-0.39, 0.29) is 5.91 Å². The first kappa shape index (κ1) is 13.9. The third-order valence-corrected chi connectivity index (χ3v) is 4.60. The highest BCUT2D eigenvalue weighted by atomic mass is 16.5. The van der Waals surface area contributed by atoms with Crippen LogP contribution in [0.3, 0.4) is 0 Å². The lowest BCUT2D eigenvalue weighted by molar-refractivity contribution is 0.0742. The second-order valence-electron chi connectivity index (χ2n) is 5.94. The predicted octanol–water partition coefficient (Wildman–Crippen LogP) is 3.34. The fourth-order valence-electron chi connectivity index (χ4n) is 3.30. The number of aryl methyl sites for hydroxylation is 1. The number of hydrogen-bond donors (Lipinski definition) is 0. The summed E-state index contributed by atoms with van der Waals surface area (Å²) in [6.45, 7) is 1.36. The summed E-state index contributed by atoms with van der Waals surface area (Å²) in [5.41, 5.74) is 4.22. The van der Waals surface area contributed by atoms with E-state index in [1.807, 2.05) is 52.9 Å². The van der Waals surface area contributed by atoms with Gasteiger partial charge in [-0.05, 0) is 35.4 Å². The van der Waals surface area contributed by atoms with E-state index in [1.54, 1.807) is 7.11 Å². The first-order chi connectivity index (χ1) is 11.2. The van der Waals surface area contributed by atoms with Crippen LogP contribution in [-0.4, -0.2) is 22.5 Å². The van der Waals surface area contributed by atoms with Crippen LogP contribution in [0, 0.1) is 0 Å². The lowest BCUT2D eigenvalue weighted by Gasteiger charge is -2.15. The van der Waals surface area contributed by atoms with Crippen LogP contribution < -0.4 is 4.74 Å². The fraction of sp³-hybridized carbons (Fsp3) is 0.211. The van der Waals surface area contributed by atoms with Crippen molar-refractivity contribution in [2.24, 2.45) is 7.05 Å². The SMILES string of the molecule is COc1ccc2c(c1)cc(C(=O)N1Cc3ccccc3C1)n2C. The van der Waals surface area contributed by atoms with Gasteiger partial charge in [-0.25, -0.2) is 0 Å². The molecular weight excluding hydrogens is 288 g/mol. The second-order valence-corrected chi connectivity index (χ2v) is 5.94. The van der Waals surface area contributed by atoms with Gasteiger partial charge in [0.1, 0.15) is 11.4 Å². The molecule has 0 spiro atoms. The minimum absolute atomic E-state index is 0.0684. The van der Waals surface area contributed by atoms with E-state index in [9.17, 15) is 4.79 Å². The van der Waals surface area contributed by atoms with Crippen LogP contribution in [-0.2, 0) is 20.1 Å². The summed E-state index contributed by atoms with van der Waals surface area (Å²) in [4.78, 5) is 14.8. The Morgan fingerprint density at radius 1 is 1.04 bits per heavy atom. The molecular formula is C19H18N2O2. The normalized spacial score (nSPS) is 13.4. The Hall–Kier alpha value is -2.75. The largest absolute Gasteiger partial charge is 0.497 e. The number of hydrogen-bond acceptors (Lipinski definition) is 2. The number of fused-ring (bicyclic) bond motifs is 2. The molecule has 1 aromatic heterocycles. The first-order valence-corrected chi connectivity index (χ1v) is 7.67. The Morgan fingerprint density at radius 2 is 1.74 bits per heavy atom. The summed E-state index contributed by atoms with van der Waals surface area (Å²) in [6.07, 6.45) is 0. The van der Waals surface area contributed by atoms with Gasteiger partial charge in [0.25, 0.3) is 5.91 Å². The van der Waals surface area contributed by atoms with Crippen molar-refractivity contribution in [2.45, 2.75) is 13.1 Å². The molecule has 1 amide bonds. The minimum Gasteiger partial charge on any atom is -0.497 e. The van der Waals surface area contributed by atoms with Gasteiger partial charge in [-0.1, -0.05) is 24.3 Å². The van der Waals surface area contributed by atoms with Crippen molar-refractivity contribution in [2.75, 3.05) is 7.11 Å². The third-order valence-electron chi connectivity index (χ3n) is 4.60. The molecule has 0 unspecified atom stereocenters. The Kier molecular flexibility index (Phi) is 3.11. The van der Waals surface area contributed by atoms with E-state index >= 15 is 0 Å². The molecule has 23 heavy (non-hydrogen) atoms. The summed E-state index contributed by atoms with van der Waals surface area (Å²) in [5.74, 6) is 0.870. The maximum absolute atomic E-state index is 12.9. The monoisotopic (exact) mass is 306 g/mol. The quantitative estimate of drug-likeness (QED) is 0.728. The molecule has 116 valence electrons. The second kappa shape index (κ2) is 5.16. The predicted molar refractivity (Wildman–Crippen MR) is 89.5 cm³/mol. The van der Waals surface area contributed by atoms with Gasteiger partial charge in [0.05, 0.1) is 7.11 Å². The molecule has 0 atom stereocenters. The summed E-state index contributed by atoms with van der Waals surface area (Å²) in [6, 6.07) is 16.1. The van der Waals surface area contributed by atoms with Crippen LogP contribution in [0.5, 0.6) is 5.75 Å². The molecule has 1 aliphatic heterocycles. The highest BCUT2D eigenvalue weighted by molar-refractivity contribution is 5.99. The highest BCUT2D eigenvalue weighted by Gasteiger charge is 2.26. The fourth-order valence-corrected chi connectivity index (χ4v) is 3.30. The van der Waals surface area contributed by atoms with E-state index in [0.717, 1.165) is 16.7 Å². The molecule has 3 aromatic rings. The number of nitrogens with zero attached hydrogens (tertiary/aromatic N) is 2. The van der Waals surface area contributed by atoms with Gasteiger partial charge >= 0.3 is 0 Å². The first-order valence-electron chi connectivity index (χ1n) is 7.67. The number of carbonyl (C=O) groups is 1. The van der Waals surface area contributed by atoms with Crippen molar-refractivity contribution < 1.29 is 9.53 Å². The zero-order valence-corrected chi connectivity index (χ0v) is 13.2. The molecule has 1 aliphatic rings. The lowest BCUT2D eigenvalue weighted by Crippen LogP contribution is -2.27. The maximum Gasteiger partial charge on any atom is 0.271 e. The van der Waals surface area contributed by atoms with Crippen LogP contribution in [0.4, 0.5) is 0 Å². The highest BCUT2D eigenvalue weighted by Crippen LogP contribution is 2.27. The number of aromatic nitrogens is 1. The molecule has 4 nitrogen and oxygen atoms in total. The summed E-state index contributed by atoms with van der Waals surface area (Å²) in [7, 11) is 3.59. The molecule has 0 aliphatic carbocycles. The topological polar surface area (TPSA) is 34.5 Å². The number of rotatable bonds is 2. The van der Waals surface area contributed by atoms with Crippen molar-refractivity contribution in [3.05, 3.63) is 65.4 Å². The van der Waals surface area contributed by atoms with Gasteiger partial charge in [-0.2, -0.15) is 0 Å². The molecule has 0 bridgehead atoms. The third kappa shape index (κ3) is 2.18. The van der Waals surface area contributed by atoms with Crippen LogP contribution in [0.2, 0.25) is 0 Å². The summed E-state index contributed by atoms with van der Waals surface area (Å²) < 4.78 is 7.23. The zero-order valence-electron chi connectivity index (χ0n) is 13.2. The van der Waals surface area contributed by atoms with E-state index in [2.05, 4.69) is 12.1 Å². The number of ether oxygens (including phenoxy) is 1. The molecule has 0 N–H and O–H groups in total. The number of carbonyl (C=O) groups excluding carboxylic acids is 1. The van der Waals surface area contributed by atoms with Crippen molar-refractivity contribution in [3.8, 4) is 5.75 Å². The molecule has 2 heterocycles. The Bertz CT molecular complexity index is 886. The van der Waals surface area contributed by atoms with Gasteiger partial charge in [-0.15, -0.1) is 0 Å². The Labute approximate surface area is 134 Å². The molecule has 4 heteroatoms. The van der Waals surface area contributed by atoms with Crippen LogP contribution in [0.1, 0.15) is 21.6 Å². The van der Waals surface area contributed by atoms with E-state index in [4.69, 9.17) is 4.74 Å². The van der Waals surface area contributed by atoms with Crippen molar-refractivity contribution in [1.82, 2.24) is 9.47 Å². The lowest BCUT2D eigenvalue weighted by atomic mass is 10.1.